The minimum absolute atomic E-state index is 0.585. The molecule has 156 valence electrons. The van der Waals surface area contributed by atoms with Crippen molar-refractivity contribution in [2.75, 3.05) is 22.9 Å². The van der Waals surface area contributed by atoms with Crippen LogP contribution in [0.15, 0.2) is 72.8 Å². The molecule has 8 N–H and O–H groups in total. The molecule has 4 aliphatic carbocycles. The molecular weight excluding hydrogens is 392 g/mol. The van der Waals surface area contributed by atoms with E-state index in [2.05, 4.69) is 60.7 Å². The largest absolute Gasteiger partial charge is 0.397 e. The Morgan fingerprint density at radius 3 is 1.22 bits per heavy atom. The number of hydrogen-bond acceptors (Lipinski definition) is 4. The van der Waals surface area contributed by atoms with Gasteiger partial charge in [0.15, 0.2) is 0 Å². The summed E-state index contributed by atoms with van der Waals surface area (Å²) in [5.41, 5.74) is 30.6. The molecule has 0 radical (unpaired) electrons. The summed E-state index contributed by atoms with van der Waals surface area (Å²) < 4.78 is 0. The normalized spacial score (nSPS) is 16.2. The zero-order chi connectivity index (χ0) is 22.2. The number of benzene rings is 4. The van der Waals surface area contributed by atoms with Crippen LogP contribution in [0.4, 0.5) is 22.7 Å². The van der Waals surface area contributed by atoms with Gasteiger partial charge in [-0.25, -0.2) is 0 Å². The molecule has 0 amide bonds. The molecule has 4 bridgehead atoms. The first-order valence-corrected chi connectivity index (χ1v) is 10.4. The minimum Gasteiger partial charge on any atom is -0.397 e. The van der Waals surface area contributed by atoms with Crippen LogP contribution in [0.3, 0.4) is 0 Å². The third kappa shape index (κ3) is 3.59. The maximum atomic E-state index is 6.08. The van der Waals surface area contributed by atoms with Gasteiger partial charge in [-0.1, -0.05) is 60.7 Å². The second-order valence-electron chi connectivity index (χ2n) is 8.05. The summed E-state index contributed by atoms with van der Waals surface area (Å²) in [6.45, 7) is 0. The highest BCUT2D eigenvalue weighted by molar-refractivity contribution is 5.80. The standard InChI is InChI=1S/C28H24N4/c29-25-11-9-21(15-27(25)31)23-13-17-1-5-19(23)8-4-18-2-6-20(7-3-17)24(14-18)22-10-12-26(30)28(32)16-22/h1-16H,29-32H2/b7-3?,8-4?,17-3-,18-4-,19-8-,20-7-. The third-order valence-corrected chi connectivity index (χ3v) is 5.86. The molecule has 0 saturated carbocycles. The summed E-state index contributed by atoms with van der Waals surface area (Å²) in [5.74, 6) is 0. The lowest BCUT2D eigenvalue weighted by Gasteiger charge is -2.08. The summed E-state index contributed by atoms with van der Waals surface area (Å²) >= 11 is 0. The molecule has 8 rings (SSSR count). The highest BCUT2D eigenvalue weighted by Crippen LogP contribution is 2.23. The molecule has 0 heterocycles. The maximum absolute atomic E-state index is 6.08. The van der Waals surface area contributed by atoms with E-state index in [4.69, 9.17) is 22.9 Å². The van der Waals surface area contributed by atoms with E-state index < -0.39 is 0 Å². The first-order valence-electron chi connectivity index (χ1n) is 10.4. The van der Waals surface area contributed by atoms with Gasteiger partial charge in [0, 0.05) is 0 Å². The van der Waals surface area contributed by atoms with Crippen molar-refractivity contribution in [3.8, 4) is 22.3 Å². The molecule has 0 fully saturated rings. The third-order valence-electron chi connectivity index (χ3n) is 5.86. The van der Waals surface area contributed by atoms with Crippen LogP contribution in [0.2, 0.25) is 0 Å². The second-order valence-corrected chi connectivity index (χ2v) is 8.05. The fraction of sp³-hybridized carbons (Fsp3) is 0. The highest BCUT2D eigenvalue weighted by atomic mass is 14.7. The Bertz CT molecular complexity index is 1490. The molecule has 0 unspecified atom stereocenters. The van der Waals surface area contributed by atoms with Gasteiger partial charge in [0.1, 0.15) is 0 Å². The van der Waals surface area contributed by atoms with Gasteiger partial charge in [0.05, 0.1) is 22.7 Å². The first-order chi connectivity index (χ1) is 15.5. The summed E-state index contributed by atoms with van der Waals surface area (Å²) in [6.07, 6.45) is 8.51. The van der Waals surface area contributed by atoms with E-state index in [0.717, 1.165) is 43.1 Å². The summed E-state index contributed by atoms with van der Waals surface area (Å²) in [6, 6.07) is 24.4. The molecule has 4 nitrogen and oxygen atoms in total. The number of anilines is 4. The molecule has 0 aliphatic heterocycles. The molecule has 4 heteroatoms. The van der Waals surface area contributed by atoms with E-state index in [0.29, 0.717) is 22.7 Å². The fourth-order valence-corrected chi connectivity index (χ4v) is 4.00. The minimum atomic E-state index is 0.585. The zero-order valence-corrected chi connectivity index (χ0v) is 17.5. The summed E-state index contributed by atoms with van der Waals surface area (Å²) in [5, 5.41) is 4.41. The van der Waals surface area contributed by atoms with Crippen molar-refractivity contribution in [3.05, 3.63) is 93.7 Å². The molecule has 32 heavy (non-hydrogen) atoms. The van der Waals surface area contributed by atoms with Crippen molar-refractivity contribution in [2.45, 2.75) is 0 Å². The predicted octanol–water partition coefficient (Wildman–Crippen LogP) is 2.19. The van der Waals surface area contributed by atoms with Crippen LogP contribution in [0.1, 0.15) is 0 Å². The number of nitrogens with two attached hydrogens (primary N) is 4. The molecule has 0 spiro atoms. The predicted molar refractivity (Wildman–Crippen MR) is 138 cm³/mol. The molecule has 0 aromatic heterocycles. The Hall–Kier alpha value is -4.44. The quantitative estimate of drug-likeness (QED) is 0.376. The van der Waals surface area contributed by atoms with Crippen LogP contribution in [-0.4, -0.2) is 0 Å². The Balaban J connectivity index is 1.77. The number of rotatable bonds is 2. The van der Waals surface area contributed by atoms with E-state index in [-0.39, 0.29) is 0 Å². The van der Waals surface area contributed by atoms with E-state index in [1.807, 2.05) is 36.4 Å². The van der Waals surface area contributed by atoms with E-state index in [9.17, 15) is 0 Å². The van der Waals surface area contributed by atoms with Gasteiger partial charge in [0.2, 0.25) is 0 Å². The molecular formula is C28H24N4. The van der Waals surface area contributed by atoms with E-state index >= 15 is 0 Å². The van der Waals surface area contributed by atoms with Gasteiger partial charge in [-0.15, -0.1) is 0 Å². The Labute approximate surface area is 186 Å². The van der Waals surface area contributed by atoms with Crippen molar-refractivity contribution in [3.63, 3.8) is 0 Å². The van der Waals surface area contributed by atoms with Crippen LogP contribution in [0.5, 0.6) is 0 Å². The van der Waals surface area contributed by atoms with E-state index in [1.165, 1.54) is 0 Å². The van der Waals surface area contributed by atoms with E-state index in [1.54, 1.807) is 0 Å². The lowest BCUT2D eigenvalue weighted by atomic mass is 9.98. The Morgan fingerprint density at radius 2 is 0.812 bits per heavy atom. The van der Waals surface area contributed by atoms with Crippen molar-refractivity contribution >= 4 is 47.1 Å². The fourth-order valence-electron chi connectivity index (χ4n) is 4.00. The molecule has 4 aromatic rings. The van der Waals surface area contributed by atoms with Crippen molar-refractivity contribution in [1.82, 2.24) is 0 Å². The van der Waals surface area contributed by atoms with Crippen LogP contribution in [-0.2, 0) is 0 Å². The summed E-state index contributed by atoms with van der Waals surface area (Å²) in [4.78, 5) is 0. The smallest absolute Gasteiger partial charge is 0.0554 e. The zero-order valence-electron chi connectivity index (χ0n) is 17.5. The Kier molecular flexibility index (Phi) is 4.68. The average Bonchev–Trinajstić information content (AvgIpc) is 2.79. The number of hydrogen-bond donors (Lipinski definition) is 4. The topological polar surface area (TPSA) is 104 Å². The SMILES string of the molecule is Nc1ccc(-c2c/c3cc/c2=C/C=c2/cc/c(c(-c4ccc(N)c(N)c4)c2)=C/C=3)cc1N. The first kappa shape index (κ1) is 19.5. The van der Waals surface area contributed by atoms with Crippen LogP contribution >= 0.6 is 0 Å². The lowest BCUT2D eigenvalue weighted by Crippen LogP contribution is -2.16. The maximum Gasteiger partial charge on any atom is 0.0554 e. The summed E-state index contributed by atoms with van der Waals surface area (Å²) in [7, 11) is 0. The van der Waals surface area contributed by atoms with Crippen LogP contribution in [0.25, 0.3) is 46.6 Å². The second kappa shape index (κ2) is 7.67. The average molecular weight is 417 g/mol. The molecule has 4 aromatic carbocycles. The highest BCUT2D eigenvalue weighted by Gasteiger charge is 2.05. The van der Waals surface area contributed by atoms with Gasteiger partial charge >= 0.3 is 0 Å². The van der Waals surface area contributed by atoms with Crippen molar-refractivity contribution in [2.24, 2.45) is 0 Å². The van der Waals surface area contributed by atoms with Gasteiger partial charge < -0.3 is 22.9 Å². The molecule has 0 atom stereocenters. The van der Waals surface area contributed by atoms with Gasteiger partial charge in [-0.05, 0) is 79.5 Å². The van der Waals surface area contributed by atoms with Gasteiger partial charge in [-0.3, -0.25) is 0 Å². The lowest BCUT2D eigenvalue weighted by molar-refractivity contribution is 1.50. The molecule has 4 aliphatic rings. The Morgan fingerprint density at radius 1 is 0.375 bits per heavy atom. The van der Waals surface area contributed by atoms with Gasteiger partial charge in [-0.2, -0.15) is 0 Å². The van der Waals surface area contributed by atoms with Crippen molar-refractivity contribution in [1.29, 1.82) is 0 Å². The number of nitrogen functional groups attached to an aromatic ring is 4. The van der Waals surface area contributed by atoms with Gasteiger partial charge in [0.25, 0.3) is 0 Å². The van der Waals surface area contributed by atoms with Crippen LogP contribution in [0, 0.1) is 0 Å². The molecule has 0 saturated heterocycles. The van der Waals surface area contributed by atoms with Crippen molar-refractivity contribution < 1.29 is 0 Å². The van der Waals surface area contributed by atoms with Crippen LogP contribution < -0.4 is 43.8 Å². The monoisotopic (exact) mass is 416 g/mol.